The molecule has 4 aromatic rings. The summed E-state index contributed by atoms with van der Waals surface area (Å²) in [6.07, 6.45) is 11.6. The van der Waals surface area contributed by atoms with E-state index in [9.17, 15) is 0 Å². The fourth-order valence-electron chi connectivity index (χ4n) is 5.09. The van der Waals surface area contributed by atoms with Gasteiger partial charge in [0, 0.05) is 0 Å². The summed E-state index contributed by atoms with van der Waals surface area (Å²) >= 11 is 0. The maximum Gasteiger partial charge on any atom is 0.162 e. The summed E-state index contributed by atoms with van der Waals surface area (Å²) in [5.41, 5.74) is 1.36. The normalized spacial score (nSPS) is 10.9. The van der Waals surface area contributed by atoms with Crippen LogP contribution < -0.4 is 37.6 Å². The van der Waals surface area contributed by atoms with Gasteiger partial charge >= 0.3 is 0 Å². The third-order valence-corrected chi connectivity index (χ3v) is 11.4. The van der Waals surface area contributed by atoms with Crippen LogP contribution in [-0.2, 0) is 6.16 Å². The molecule has 0 heterocycles. The number of hydrogen-bond acceptors (Lipinski definition) is 1. The minimum atomic E-state index is -2.02. The SMILES string of the molecule is C=CCCCCCCCCOc1ccccc1[P+](Cc1ccccc1)(c1ccccc1)c1ccccc1.[Br-]. The van der Waals surface area contributed by atoms with Crippen molar-refractivity contribution in [2.75, 3.05) is 6.61 Å². The van der Waals surface area contributed by atoms with Crippen molar-refractivity contribution in [3.63, 3.8) is 0 Å². The second-order valence-electron chi connectivity index (χ2n) is 9.64. The fraction of sp³-hybridized carbons (Fsp3) is 0.257. The molecule has 0 aliphatic heterocycles. The van der Waals surface area contributed by atoms with Crippen LogP contribution in [0.3, 0.4) is 0 Å². The Kier molecular flexibility index (Phi) is 12.8. The Hall–Kier alpha value is -2.67. The fourth-order valence-corrected chi connectivity index (χ4v) is 9.46. The Morgan fingerprint density at radius 3 is 1.68 bits per heavy atom. The zero-order chi connectivity index (χ0) is 25.6. The number of benzene rings is 4. The van der Waals surface area contributed by atoms with Crippen molar-refractivity contribution >= 4 is 23.2 Å². The molecule has 4 rings (SSSR count). The van der Waals surface area contributed by atoms with E-state index >= 15 is 0 Å². The molecular weight excluding hydrogens is 547 g/mol. The second kappa shape index (κ2) is 16.3. The summed E-state index contributed by atoms with van der Waals surface area (Å²) in [6, 6.07) is 41.9. The Morgan fingerprint density at radius 1 is 0.579 bits per heavy atom. The van der Waals surface area contributed by atoms with E-state index in [1.807, 2.05) is 6.08 Å². The molecule has 0 saturated heterocycles. The van der Waals surface area contributed by atoms with Crippen molar-refractivity contribution in [3.05, 3.63) is 133 Å². The van der Waals surface area contributed by atoms with Gasteiger partial charge in [-0.2, -0.15) is 0 Å². The third kappa shape index (κ3) is 7.92. The van der Waals surface area contributed by atoms with Gasteiger partial charge in [-0.1, -0.05) is 111 Å². The number of ether oxygens (including phenoxy) is 1. The topological polar surface area (TPSA) is 9.23 Å². The summed E-state index contributed by atoms with van der Waals surface area (Å²) in [6.45, 7) is 4.58. The maximum atomic E-state index is 6.58. The number of unbranched alkanes of at least 4 members (excludes halogenated alkanes) is 6. The smallest absolute Gasteiger partial charge is 0.162 e. The molecule has 38 heavy (non-hydrogen) atoms. The van der Waals surface area contributed by atoms with Gasteiger partial charge in [-0.15, -0.1) is 6.58 Å². The number of hydrogen-bond donors (Lipinski definition) is 0. The molecule has 0 radical (unpaired) electrons. The van der Waals surface area contributed by atoms with E-state index in [0.717, 1.165) is 31.4 Å². The molecule has 0 aliphatic carbocycles. The molecule has 1 nitrogen and oxygen atoms in total. The van der Waals surface area contributed by atoms with Crippen molar-refractivity contribution in [3.8, 4) is 5.75 Å². The van der Waals surface area contributed by atoms with Crippen LogP contribution >= 0.6 is 7.26 Å². The largest absolute Gasteiger partial charge is 1.00 e. The molecule has 0 unspecified atom stereocenters. The van der Waals surface area contributed by atoms with Gasteiger partial charge in [0.25, 0.3) is 0 Å². The molecule has 0 spiro atoms. The highest BCUT2D eigenvalue weighted by Gasteiger charge is 2.47. The van der Waals surface area contributed by atoms with Gasteiger partial charge in [0.1, 0.15) is 23.2 Å². The minimum Gasteiger partial charge on any atom is -1.00 e. The lowest BCUT2D eigenvalue weighted by atomic mass is 10.1. The summed E-state index contributed by atoms with van der Waals surface area (Å²) in [5, 5.41) is 4.11. The Bertz CT molecular complexity index is 1150. The number of rotatable bonds is 15. The van der Waals surface area contributed by atoms with E-state index in [1.54, 1.807) is 0 Å². The van der Waals surface area contributed by atoms with Crippen LogP contribution in [0.4, 0.5) is 0 Å². The van der Waals surface area contributed by atoms with Crippen LogP contribution in [-0.4, -0.2) is 6.61 Å². The lowest BCUT2D eigenvalue weighted by molar-refractivity contribution is -0.00000784. The van der Waals surface area contributed by atoms with Gasteiger partial charge in [-0.25, -0.2) is 0 Å². The first-order chi connectivity index (χ1) is 18.3. The predicted octanol–water partition coefficient (Wildman–Crippen LogP) is 5.48. The van der Waals surface area contributed by atoms with Crippen molar-refractivity contribution in [2.45, 2.75) is 51.1 Å². The molecule has 0 N–H and O–H groups in total. The monoisotopic (exact) mass is 586 g/mol. The molecule has 0 aliphatic rings. The quantitative estimate of drug-likeness (QED) is 0.102. The highest BCUT2D eigenvalue weighted by atomic mass is 79.9. The first kappa shape index (κ1) is 29.9. The van der Waals surface area contributed by atoms with Crippen LogP contribution in [0.25, 0.3) is 0 Å². The molecule has 0 saturated carbocycles. The molecule has 0 fully saturated rings. The summed E-state index contributed by atoms with van der Waals surface area (Å²) < 4.78 is 6.58. The Morgan fingerprint density at radius 2 is 1.08 bits per heavy atom. The van der Waals surface area contributed by atoms with Gasteiger partial charge in [-0.3, -0.25) is 0 Å². The van der Waals surface area contributed by atoms with E-state index in [1.165, 1.54) is 53.6 Å². The second-order valence-corrected chi connectivity index (χ2v) is 13.1. The average molecular weight is 588 g/mol. The number of para-hydroxylation sites is 1. The minimum absolute atomic E-state index is 0. The van der Waals surface area contributed by atoms with Crippen molar-refractivity contribution in [1.82, 2.24) is 0 Å². The van der Waals surface area contributed by atoms with Gasteiger partial charge in [0.15, 0.2) is 5.75 Å². The number of halogens is 1. The highest BCUT2D eigenvalue weighted by molar-refractivity contribution is 7.95. The molecule has 3 heteroatoms. The lowest BCUT2D eigenvalue weighted by Crippen LogP contribution is -3.00. The summed E-state index contributed by atoms with van der Waals surface area (Å²) in [4.78, 5) is 0. The molecule has 0 amide bonds. The van der Waals surface area contributed by atoms with E-state index in [0.29, 0.717) is 0 Å². The first-order valence-electron chi connectivity index (χ1n) is 13.7. The van der Waals surface area contributed by atoms with Crippen molar-refractivity contribution in [1.29, 1.82) is 0 Å². The van der Waals surface area contributed by atoms with Gasteiger partial charge in [-0.05, 0) is 61.2 Å². The lowest BCUT2D eigenvalue weighted by Gasteiger charge is -2.29. The summed E-state index contributed by atoms with van der Waals surface area (Å²) in [7, 11) is -2.02. The molecule has 198 valence electrons. The van der Waals surface area contributed by atoms with Crippen LogP contribution in [0.5, 0.6) is 5.75 Å². The van der Waals surface area contributed by atoms with Gasteiger partial charge in [0.05, 0.1) is 12.8 Å². The van der Waals surface area contributed by atoms with E-state index in [-0.39, 0.29) is 17.0 Å². The Balaban J connectivity index is 0.00000400. The van der Waals surface area contributed by atoms with Crippen LogP contribution in [0.1, 0.15) is 50.5 Å². The molecule has 0 bridgehead atoms. The van der Waals surface area contributed by atoms with Crippen molar-refractivity contribution in [2.24, 2.45) is 0 Å². The molecule has 0 atom stereocenters. The zero-order valence-electron chi connectivity index (χ0n) is 22.4. The molecule has 0 aromatic heterocycles. The van der Waals surface area contributed by atoms with Crippen molar-refractivity contribution < 1.29 is 21.7 Å². The van der Waals surface area contributed by atoms with Gasteiger partial charge in [0.2, 0.25) is 0 Å². The molecule has 4 aromatic carbocycles. The number of allylic oxidation sites excluding steroid dienone is 1. The van der Waals surface area contributed by atoms with E-state index < -0.39 is 7.26 Å². The predicted molar refractivity (Wildman–Crippen MR) is 163 cm³/mol. The van der Waals surface area contributed by atoms with E-state index in [2.05, 4.69) is 122 Å². The first-order valence-corrected chi connectivity index (χ1v) is 15.7. The average Bonchev–Trinajstić information content (AvgIpc) is 2.97. The maximum absolute atomic E-state index is 6.58. The third-order valence-electron chi connectivity index (χ3n) is 6.99. The molecular formula is C35H40BrOP. The highest BCUT2D eigenvalue weighted by Crippen LogP contribution is 2.59. The summed E-state index contributed by atoms with van der Waals surface area (Å²) in [5.74, 6) is 1.03. The van der Waals surface area contributed by atoms with Crippen LogP contribution in [0.15, 0.2) is 128 Å². The zero-order valence-corrected chi connectivity index (χ0v) is 24.8. The van der Waals surface area contributed by atoms with Crippen LogP contribution in [0.2, 0.25) is 0 Å². The van der Waals surface area contributed by atoms with Crippen LogP contribution in [0, 0.1) is 0 Å². The van der Waals surface area contributed by atoms with E-state index in [4.69, 9.17) is 4.74 Å². The van der Waals surface area contributed by atoms with Gasteiger partial charge < -0.3 is 21.7 Å². The Labute approximate surface area is 241 Å². The standard InChI is InChI=1S/C35H40OP.BrH/c1-2-3-4-5-6-7-8-20-29-36-34-27-18-19-28-35(34)37(32-23-14-10-15-24-32,33-25-16-11-17-26-33)30-31-21-12-9-13-22-31;/h2,9-19,21-28H,1,3-8,20,29-30H2;1H/q+1;/p-1.